The highest BCUT2D eigenvalue weighted by Gasteiger charge is 2.33. The van der Waals surface area contributed by atoms with E-state index in [4.69, 9.17) is 32.2 Å². The number of hydrogen-bond acceptors (Lipinski definition) is 9. The van der Waals surface area contributed by atoms with Crippen LogP contribution < -0.4 is 10.5 Å². The lowest BCUT2D eigenvalue weighted by Crippen LogP contribution is -2.45. The molecular formula is C23H27N5O6S2. The average molecular weight is 534 g/mol. The molecule has 0 radical (unpaired) electrons. The predicted octanol–water partition coefficient (Wildman–Crippen LogP) is 1.52. The molecule has 2 aliphatic heterocycles. The number of nitrogens with zero attached hydrogens (tertiary/aromatic N) is 5. The Morgan fingerprint density at radius 2 is 1.83 bits per heavy atom. The molecule has 1 amide bonds. The fraction of sp³-hybridized carbons (Fsp3) is 0.391. The Morgan fingerprint density at radius 1 is 1.19 bits per heavy atom. The summed E-state index contributed by atoms with van der Waals surface area (Å²) in [5.41, 5.74) is 1.53. The molecule has 11 nitrogen and oxygen atoms in total. The van der Waals surface area contributed by atoms with E-state index in [0.29, 0.717) is 35.0 Å². The molecule has 2 N–H and O–H groups in total. The standard InChI is InChI=1S/C21H23N5O4S2.C2H4O2/c1-13-4-3-6-25-17(13)22-18(24-10-8-23(2)9-11-24)14(19(25)29)12-15-20(30)26(21(31)32-15)7-5-16(27)28;1-2(3)4/h3-4,6,12H,5,7-11H2,1-2H3,(H,27,28);1H3,(H,3,4). The van der Waals surface area contributed by atoms with Crippen LogP contribution in [-0.2, 0) is 14.4 Å². The van der Waals surface area contributed by atoms with E-state index >= 15 is 0 Å². The fourth-order valence-corrected chi connectivity index (χ4v) is 5.01. The number of carbonyl (C=O) groups excluding carboxylic acids is 1. The maximum atomic E-state index is 13.5. The molecule has 0 unspecified atom stereocenters. The number of aryl methyl sites for hydroxylation is 1. The molecule has 4 rings (SSSR count). The summed E-state index contributed by atoms with van der Waals surface area (Å²) in [4.78, 5) is 57.0. The molecule has 0 atom stereocenters. The summed E-state index contributed by atoms with van der Waals surface area (Å²) in [7, 11) is 2.05. The highest BCUT2D eigenvalue weighted by Crippen LogP contribution is 2.33. The van der Waals surface area contributed by atoms with Crippen LogP contribution in [0.4, 0.5) is 5.82 Å². The maximum absolute atomic E-state index is 13.5. The van der Waals surface area contributed by atoms with Gasteiger partial charge >= 0.3 is 5.97 Å². The van der Waals surface area contributed by atoms with Gasteiger partial charge in [-0.25, -0.2) is 4.98 Å². The number of carboxylic acid groups (broad SMARTS) is 2. The molecule has 36 heavy (non-hydrogen) atoms. The number of fused-ring (bicyclic) bond motifs is 1. The number of amides is 1. The number of aromatic nitrogens is 2. The first kappa shape index (κ1) is 27.3. The zero-order valence-corrected chi connectivity index (χ0v) is 21.8. The molecule has 0 aromatic carbocycles. The molecule has 2 fully saturated rings. The Bertz CT molecular complexity index is 1300. The molecule has 192 valence electrons. The number of thioether (sulfide) groups is 1. The summed E-state index contributed by atoms with van der Waals surface area (Å²) >= 11 is 6.35. The Hall–Kier alpha value is -3.29. The third kappa shape index (κ3) is 6.28. The van der Waals surface area contributed by atoms with Crippen LogP contribution >= 0.6 is 24.0 Å². The van der Waals surface area contributed by atoms with E-state index in [9.17, 15) is 14.4 Å². The van der Waals surface area contributed by atoms with E-state index in [2.05, 4.69) is 9.80 Å². The maximum Gasteiger partial charge on any atom is 0.305 e. The molecule has 2 saturated heterocycles. The quantitative estimate of drug-likeness (QED) is 0.428. The van der Waals surface area contributed by atoms with Crippen LogP contribution in [0.15, 0.2) is 28.0 Å². The van der Waals surface area contributed by atoms with Crippen molar-refractivity contribution in [2.75, 3.05) is 44.7 Å². The Labute approximate surface area is 217 Å². The minimum atomic E-state index is -1.01. The van der Waals surface area contributed by atoms with Gasteiger partial charge in [-0.1, -0.05) is 30.0 Å². The van der Waals surface area contributed by atoms with Crippen molar-refractivity contribution < 1.29 is 24.6 Å². The molecule has 2 aliphatic rings. The SMILES string of the molecule is CC(=O)O.Cc1cccn2c(=O)c(C=C3SC(=S)N(CCC(=O)O)C3=O)c(N3CCN(C)CC3)nc12. The molecule has 4 heterocycles. The fourth-order valence-electron chi connectivity index (χ4n) is 3.72. The normalized spacial score (nSPS) is 17.5. The van der Waals surface area contributed by atoms with E-state index in [1.54, 1.807) is 18.3 Å². The van der Waals surface area contributed by atoms with Gasteiger partial charge in [0.15, 0.2) is 0 Å². The van der Waals surface area contributed by atoms with E-state index in [1.165, 1.54) is 9.30 Å². The first-order valence-corrected chi connectivity index (χ1v) is 12.3. The Balaban J connectivity index is 0.000000840. The van der Waals surface area contributed by atoms with E-state index in [1.807, 2.05) is 20.0 Å². The number of rotatable bonds is 5. The molecule has 0 aliphatic carbocycles. The van der Waals surface area contributed by atoms with Gasteiger partial charge in [0.05, 0.1) is 16.9 Å². The number of aliphatic carboxylic acids is 2. The third-order valence-electron chi connectivity index (χ3n) is 5.57. The molecular weight excluding hydrogens is 506 g/mol. The molecule has 13 heteroatoms. The van der Waals surface area contributed by atoms with Crippen LogP contribution in [0.3, 0.4) is 0 Å². The van der Waals surface area contributed by atoms with Crippen LogP contribution in [0.25, 0.3) is 11.7 Å². The van der Waals surface area contributed by atoms with Crippen molar-refractivity contribution in [2.45, 2.75) is 20.3 Å². The summed E-state index contributed by atoms with van der Waals surface area (Å²) < 4.78 is 1.78. The minimum absolute atomic E-state index is 0.00317. The first-order valence-electron chi connectivity index (χ1n) is 11.1. The van der Waals surface area contributed by atoms with Crippen molar-refractivity contribution in [3.8, 4) is 0 Å². The van der Waals surface area contributed by atoms with Gasteiger partial charge in [-0.05, 0) is 31.7 Å². The topological polar surface area (TPSA) is 136 Å². The van der Waals surface area contributed by atoms with Crippen molar-refractivity contribution in [2.24, 2.45) is 0 Å². The van der Waals surface area contributed by atoms with Crippen molar-refractivity contribution in [1.29, 1.82) is 0 Å². The molecule has 0 spiro atoms. The Kier molecular flexibility index (Phi) is 8.82. The predicted molar refractivity (Wildman–Crippen MR) is 141 cm³/mol. The van der Waals surface area contributed by atoms with Gasteiger partial charge in [0.1, 0.15) is 15.8 Å². The summed E-state index contributed by atoms with van der Waals surface area (Å²) in [5.74, 6) is -1.68. The van der Waals surface area contributed by atoms with Crippen LogP contribution in [0.5, 0.6) is 0 Å². The van der Waals surface area contributed by atoms with E-state index in [0.717, 1.165) is 37.3 Å². The second-order valence-electron chi connectivity index (χ2n) is 8.33. The zero-order valence-electron chi connectivity index (χ0n) is 20.1. The second kappa shape index (κ2) is 11.6. The van der Waals surface area contributed by atoms with Gasteiger partial charge in [-0.15, -0.1) is 0 Å². The molecule has 2 aromatic heterocycles. The largest absolute Gasteiger partial charge is 0.481 e. The number of thiocarbonyl (C=S) groups is 1. The van der Waals surface area contributed by atoms with Gasteiger partial charge in [0.2, 0.25) is 0 Å². The van der Waals surface area contributed by atoms with E-state index in [-0.39, 0.29) is 28.8 Å². The van der Waals surface area contributed by atoms with Crippen LogP contribution in [0.1, 0.15) is 24.5 Å². The summed E-state index contributed by atoms with van der Waals surface area (Å²) in [6, 6.07) is 3.69. The van der Waals surface area contributed by atoms with Gasteiger partial charge in [-0.2, -0.15) is 0 Å². The summed E-state index contributed by atoms with van der Waals surface area (Å²) in [6.45, 7) is 6.09. The van der Waals surface area contributed by atoms with Gasteiger partial charge in [-0.3, -0.25) is 28.5 Å². The number of carboxylic acids is 2. The van der Waals surface area contributed by atoms with Crippen molar-refractivity contribution in [1.82, 2.24) is 19.2 Å². The summed E-state index contributed by atoms with van der Waals surface area (Å²) in [6.07, 6.45) is 3.02. The monoisotopic (exact) mass is 533 g/mol. The molecule has 0 saturated carbocycles. The zero-order chi connectivity index (χ0) is 26.6. The number of carbonyl (C=O) groups is 3. The first-order chi connectivity index (χ1) is 17.0. The number of anilines is 1. The van der Waals surface area contributed by atoms with Crippen molar-refractivity contribution >= 4 is 63.7 Å². The van der Waals surface area contributed by atoms with Crippen molar-refractivity contribution in [3.05, 3.63) is 44.7 Å². The minimum Gasteiger partial charge on any atom is -0.481 e. The molecule has 0 bridgehead atoms. The number of piperazine rings is 1. The lowest BCUT2D eigenvalue weighted by molar-refractivity contribution is -0.137. The number of pyridine rings is 1. The second-order valence-corrected chi connectivity index (χ2v) is 10.0. The highest BCUT2D eigenvalue weighted by molar-refractivity contribution is 8.26. The van der Waals surface area contributed by atoms with Gasteiger partial charge in [0.25, 0.3) is 17.4 Å². The van der Waals surface area contributed by atoms with Crippen LogP contribution in [0.2, 0.25) is 0 Å². The third-order valence-corrected chi connectivity index (χ3v) is 6.94. The van der Waals surface area contributed by atoms with Crippen LogP contribution in [-0.4, -0.2) is 91.3 Å². The molecule has 2 aromatic rings. The van der Waals surface area contributed by atoms with Crippen LogP contribution in [0, 0.1) is 6.92 Å². The average Bonchev–Trinajstić information content (AvgIpc) is 3.07. The smallest absolute Gasteiger partial charge is 0.305 e. The Morgan fingerprint density at radius 3 is 2.44 bits per heavy atom. The number of likely N-dealkylation sites (N-methyl/N-ethyl adjacent to an activating group) is 1. The van der Waals surface area contributed by atoms with Gasteiger partial charge in [0, 0.05) is 45.8 Å². The van der Waals surface area contributed by atoms with Crippen molar-refractivity contribution in [3.63, 3.8) is 0 Å². The summed E-state index contributed by atoms with van der Waals surface area (Å²) in [5, 5.41) is 16.4. The van der Waals surface area contributed by atoms with Gasteiger partial charge < -0.3 is 20.0 Å². The number of hydrogen-bond donors (Lipinski definition) is 2. The highest BCUT2D eigenvalue weighted by atomic mass is 32.2. The van der Waals surface area contributed by atoms with E-state index < -0.39 is 11.9 Å². The lowest BCUT2D eigenvalue weighted by atomic mass is 10.2. The lowest BCUT2D eigenvalue weighted by Gasteiger charge is -2.34.